The lowest BCUT2D eigenvalue weighted by atomic mass is 10.1. The summed E-state index contributed by atoms with van der Waals surface area (Å²) in [6, 6.07) is 5.99. The maximum Gasteiger partial charge on any atom is 0.179 e. The number of hydrogen-bond acceptors (Lipinski definition) is 6. The average molecular weight is 444 g/mol. The van der Waals surface area contributed by atoms with Crippen molar-refractivity contribution in [1.82, 2.24) is 24.8 Å². The molecule has 1 fully saturated rings. The van der Waals surface area contributed by atoms with E-state index in [1.807, 2.05) is 11.0 Å². The molecule has 0 unspecified atom stereocenters. The van der Waals surface area contributed by atoms with Crippen molar-refractivity contribution in [3.8, 4) is 0 Å². The van der Waals surface area contributed by atoms with E-state index in [-0.39, 0.29) is 12.1 Å². The number of anilines is 1. The van der Waals surface area contributed by atoms with Crippen molar-refractivity contribution in [2.45, 2.75) is 25.9 Å². The second-order valence-electron chi connectivity index (χ2n) is 8.41. The summed E-state index contributed by atoms with van der Waals surface area (Å²) >= 11 is 0. The number of hydrogen-bond donors (Lipinski definition) is 2. The van der Waals surface area contributed by atoms with Gasteiger partial charge < -0.3 is 20.5 Å². The summed E-state index contributed by atoms with van der Waals surface area (Å²) in [5, 5.41) is 0. The number of nitrogens with two attached hydrogens (primary N) is 1. The minimum absolute atomic E-state index is 0.0765. The first-order valence-electron chi connectivity index (χ1n) is 11.2. The van der Waals surface area contributed by atoms with E-state index in [0.717, 1.165) is 56.0 Å². The molecule has 9 heteroatoms. The molecule has 2 aromatic heterocycles. The summed E-state index contributed by atoms with van der Waals surface area (Å²) in [5.41, 5.74) is 8.38. The molecule has 1 aromatic carbocycles. The second kappa shape index (κ2) is 10.3. The highest BCUT2D eigenvalue weighted by Gasteiger charge is 2.20. The number of aromatic nitrogens is 3. The number of pyridine rings is 1. The predicted octanol–water partition coefficient (Wildman–Crippen LogP) is 2.73. The van der Waals surface area contributed by atoms with Crippen LogP contribution in [0.1, 0.15) is 24.2 Å². The van der Waals surface area contributed by atoms with Gasteiger partial charge in [-0.1, -0.05) is 6.07 Å². The highest BCUT2D eigenvalue weighted by Crippen LogP contribution is 2.25. The van der Waals surface area contributed by atoms with E-state index in [1.165, 1.54) is 18.2 Å². The molecule has 0 radical (unpaired) electrons. The van der Waals surface area contributed by atoms with Crippen LogP contribution in [0.2, 0.25) is 0 Å². The van der Waals surface area contributed by atoms with Crippen LogP contribution in [-0.4, -0.2) is 71.1 Å². The van der Waals surface area contributed by atoms with Gasteiger partial charge in [0.05, 0.1) is 12.2 Å². The van der Waals surface area contributed by atoms with Crippen LogP contribution >= 0.6 is 0 Å². The maximum atomic E-state index is 14.3. The van der Waals surface area contributed by atoms with E-state index in [0.29, 0.717) is 25.3 Å². The van der Waals surface area contributed by atoms with Crippen molar-refractivity contribution in [3.05, 3.63) is 53.5 Å². The molecular formula is C23H31F2N7. The first-order chi connectivity index (χ1) is 15.5. The van der Waals surface area contributed by atoms with Gasteiger partial charge in [0.15, 0.2) is 5.65 Å². The first-order valence-corrected chi connectivity index (χ1v) is 11.2. The molecule has 172 valence electrons. The standard InChI is InChI=1S/C23H31F2N7/c1-30-11-13-32(14-12-30)20-7-9-27-23-22(20)28-21(29-23)16-31(10-3-2-8-26)15-17-18(24)5-4-6-19(17)25/h4-7,9H,2-3,8,10-16,26H2,1H3,(H,27,28,29). The largest absolute Gasteiger partial charge is 0.367 e. The molecule has 0 atom stereocenters. The van der Waals surface area contributed by atoms with Gasteiger partial charge in [0, 0.05) is 44.5 Å². The number of rotatable bonds is 9. The normalized spacial score (nSPS) is 15.2. The van der Waals surface area contributed by atoms with E-state index >= 15 is 0 Å². The molecule has 0 bridgehead atoms. The van der Waals surface area contributed by atoms with Gasteiger partial charge >= 0.3 is 0 Å². The summed E-state index contributed by atoms with van der Waals surface area (Å²) in [6.07, 6.45) is 3.48. The molecule has 7 nitrogen and oxygen atoms in total. The third-order valence-electron chi connectivity index (χ3n) is 6.01. The number of nitrogens with zero attached hydrogens (tertiary/aromatic N) is 5. The van der Waals surface area contributed by atoms with Crippen molar-refractivity contribution in [1.29, 1.82) is 0 Å². The molecule has 4 rings (SSSR count). The summed E-state index contributed by atoms with van der Waals surface area (Å²) in [4.78, 5) is 19.2. The van der Waals surface area contributed by atoms with Gasteiger partial charge in [0.1, 0.15) is 23.0 Å². The Hall–Kier alpha value is -2.62. The minimum Gasteiger partial charge on any atom is -0.367 e. The van der Waals surface area contributed by atoms with E-state index in [1.54, 1.807) is 6.20 Å². The van der Waals surface area contributed by atoms with Crippen molar-refractivity contribution in [3.63, 3.8) is 0 Å². The van der Waals surface area contributed by atoms with Crippen LogP contribution in [0.25, 0.3) is 11.2 Å². The number of piperazine rings is 1. The Labute approximate surface area is 187 Å². The van der Waals surface area contributed by atoms with Crippen LogP contribution in [0.4, 0.5) is 14.5 Å². The Kier molecular flexibility index (Phi) is 7.29. The van der Waals surface area contributed by atoms with Crippen LogP contribution in [0.5, 0.6) is 0 Å². The quantitative estimate of drug-likeness (QED) is 0.495. The average Bonchev–Trinajstić information content (AvgIpc) is 3.19. The van der Waals surface area contributed by atoms with Crippen LogP contribution < -0.4 is 10.6 Å². The maximum absolute atomic E-state index is 14.3. The van der Waals surface area contributed by atoms with Crippen LogP contribution in [-0.2, 0) is 13.1 Å². The van der Waals surface area contributed by atoms with Gasteiger partial charge in [-0.05, 0) is 51.2 Å². The zero-order valence-corrected chi connectivity index (χ0v) is 18.5. The lowest BCUT2D eigenvalue weighted by Gasteiger charge is -2.34. The number of imidazole rings is 1. The van der Waals surface area contributed by atoms with E-state index in [2.05, 4.69) is 31.8 Å². The van der Waals surface area contributed by atoms with Crippen molar-refractivity contribution in [2.75, 3.05) is 51.2 Å². The molecule has 3 heterocycles. The number of halogens is 2. The van der Waals surface area contributed by atoms with Gasteiger partial charge in [0.25, 0.3) is 0 Å². The Morgan fingerprint density at radius 3 is 2.53 bits per heavy atom. The third-order valence-corrected chi connectivity index (χ3v) is 6.01. The van der Waals surface area contributed by atoms with Crippen LogP contribution in [0, 0.1) is 11.6 Å². The van der Waals surface area contributed by atoms with Crippen molar-refractivity contribution in [2.24, 2.45) is 5.73 Å². The molecule has 3 aromatic rings. The Balaban J connectivity index is 1.56. The number of aromatic amines is 1. The lowest BCUT2D eigenvalue weighted by Crippen LogP contribution is -2.44. The molecule has 3 N–H and O–H groups in total. The molecule has 1 aliphatic heterocycles. The summed E-state index contributed by atoms with van der Waals surface area (Å²) in [5.74, 6) is -0.325. The first kappa shape index (κ1) is 22.6. The monoisotopic (exact) mass is 443 g/mol. The molecule has 0 saturated carbocycles. The van der Waals surface area contributed by atoms with E-state index in [9.17, 15) is 8.78 Å². The number of likely N-dealkylation sites (N-methyl/N-ethyl adjacent to an activating group) is 1. The van der Waals surface area contributed by atoms with Gasteiger partial charge in [-0.25, -0.2) is 18.7 Å². The fourth-order valence-corrected chi connectivity index (χ4v) is 4.14. The molecular weight excluding hydrogens is 412 g/mol. The highest BCUT2D eigenvalue weighted by atomic mass is 19.1. The Morgan fingerprint density at radius 2 is 1.81 bits per heavy atom. The fourth-order valence-electron chi connectivity index (χ4n) is 4.14. The Morgan fingerprint density at radius 1 is 1.06 bits per heavy atom. The highest BCUT2D eigenvalue weighted by molar-refractivity contribution is 5.86. The second-order valence-corrected chi connectivity index (χ2v) is 8.41. The summed E-state index contributed by atoms with van der Waals surface area (Å²) < 4.78 is 28.5. The molecule has 0 aliphatic carbocycles. The van der Waals surface area contributed by atoms with Crippen LogP contribution in [0.3, 0.4) is 0 Å². The number of nitrogens with one attached hydrogen (secondary N) is 1. The van der Waals surface area contributed by atoms with Crippen molar-refractivity contribution < 1.29 is 8.78 Å². The zero-order valence-electron chi connectivity index (χ0n) is 18.5. The third kappa shape index (κ3) is 5.23. The fraction of sp³-hybridized carbons (Fsp3) is 0.478. The van der Waals surface area contributed by atoms with E-state index in [4.69, 9.17) is 5.73 Å². The number of fused-ring (bicyclic) bond motifs is 1. The Bertz CT molecular complexity index is 1010. The summed E-state index contributed by atoms with van der Waals surface area (Å²) in [6.45, 7) is 5.77. The van der Waals surface area contributed by atoms with Gasteiger partial charge in [0.2, 0.25) is 0 Å². The van der Waals surface area contributed by atoms with Crippen LogP contribution in [0.15, 0.2) is 30.5 Å². The van der Waals surface area contributed by atoms with E-state index < -0.39 is 11.6 Å². The minimum atomic E-state index is -0.530. The number of H-pyrrole nitrogens is 1. The topological polar surface area (TPSA) is 77.3 Å². The van der Waals surface area contributed by atoms with Gasteiger partial charge in [-0.2, -0.15) is 0 Å². The van der Waals surface area contributed by atoms with Gasteiger partial charge in [-0.15, -0.1) is 0 Å². The zero-order chi connectivity index (χ0) is 22.5. The lowest BCUT2D eigenvalue weighted by molar-refractivity contribution is 0.239. The van der Waals surface area contributed by atoms with Crippen molar-refractivity contribution >= 4 is 16.9 Å². The summed E-state index contributed by atoms with van der Waals surface area (Å²) in [7, 11) is 2.13. The molecule has 0 spiro atoms. The predicted molar refractivity (Wildman–Crippen MR) is 122 cm³/mol. The molecule has 1 saturated heterocycles. The molecule has 1 aliphatic rings. The number of benzene rings is 1. The smallest absolute Gasteiger partial charge is 0.179 e. The SMILES string of the molecule is CN1CCN(c2ccnc3nc(CN(CCCCN)Cc4c(F)cccc4F)[nH]c23)CC1. The van der Waals surface area contributed by atoms with Gasteiger partial charge in [-0.3, -0.25) is 4.90 Å². The molecule has 0 amide bonds. The number of unbranched alkanes of at least 4 members (excludes halogenated alkanes) is 1. The molecule has 32 heavy (non-hydrogen) atoms.